The molecule has 8 nitrogen and oxygen atoms in total. The quantitative estimate of drug-likeness (QED) is 0.297. The predicted molar refractivity (Wildman–Crippen MR) is 153 cm³/mol. The zero-order valence-electron chi connectivity index (χ0n) is 21.3. The Labute approximate surface area is 222 Å². The molecule has 1 saturated carbocycles. The summed E-state index contributed by atoms with van der Waals surface area (Å²) >= 11 is 6.57. The second-order valence-corrected chi connectivity index (χ2v) is 10.1. The van der Waals surface area contributed by atoms with Crippen molar-refractivity contribution in [1.29, 1.82) is 0 Å². The van der Waals surface area contributed by atoms with E-state index in [1.807, 2.05) is 24.3 Å². The number of rotatable bonds is 6. The number of hydrogen-bond acceptors (Lipinski definition) is 7. The molecule has 3 N–H and O–H groups in total. The van der Waals surface area contributed by atoms with Crippen molar-refractivity contribution in [1.82, 2.24) is 25.1 Å². The molecule has 4 aromatic rings. The number of likely N-dealkylation sites (N-methyl/N-ethyl adjacent to an activating group) is 1. The standard InChI is InChI=1S/C16H18ClN7.C12H15N/c1-23-6-8-24(9-7-23)16-13(17)15(18-10-19-16)20-14-11-4-2-3-5-12(11)21-22-14;1-9-3-7-12(8-4-9)13-10(2)11-5-6-11/h2-5,10H,6-9H2,1H3,(H2,18,19,20,21,22);3-4,7-8,11,13H,2,5-6H2,1H3. The van der Waals surface area contributed by atoms with Crippen LogP contribution in [0, 0.1) is 12.8 Å². The van der Waals surface area contributed by atoms with Crippen LogP contribution in [0.5, 0.6) is 0 Å². The number of anilines is 4. The van der Waals surface area contributed by atoms with Crippen LogP contribution in [-0.4, -0.2) is 58.3 Å². The van der Waals surface area contributed by atoms with Crippen LogP contribution in [-0.2, 0) is 0 Å². The van der Waals surface area contributed by atoms with Gasteiger partial charge in [0.05, 0.1) is 5.52 Å². The zero-order chi connectivity index (χ0) is 25.8. The van der Waals surface area contributed by atoms with Gasteiger partial charge >= 0.3 is 0 Å². The lowest BCUT2D eigenvalue weighted by Gasteiger charge is -2.33. The van der Waals surface area contributed by atoms with Crippen LogP contribution in [0.25, 0.3) is 10.9 Å². The van der Waals surface area contributed by atoms with Gasteiger partial charge in [-0.25, -0.2) is 9.97 Å². The van der Waals surface area contributed by atoms with Crippen LogP contribution in [0.4, 0.5) is 23.1 Å². The maximum Gasteiger partial charge on any atom is 0.161 e. The molecule has 0 atom stereocenters. The van der Waals surface area contributed by atoms with Gasteiger partial charge in [0.2, 0.25) is 0 Å². The SMILES string of the molecule is C=C(Nc1ccc(C)cc1)C1CC1.CN1CCN(c2ncnc(Nc3n[nH]c4ccccc34)c2Cl)CC1. The number of nitrogens with one attached hydrogen (secondary N) is 3. The van der Waals surface area contributed by atoms with E-state index in [0.29, 0.717) is 16.7 Å². The first-order valence-electron chi connectivity index (χ1n) is 12.6. The molecule has 0 amide bonds. The fourth-order valence-electron chi connectivity index (χ4n) is 4.21. The Morgan fingerprint density at radius 3 is 2.46 bits per heavy atom. The van der Waals surface area contributed by atoms with Gasteiger partial charge in [0, 0.05) is 42.9 Å². The van der Waals surface area contributed by atoms with Crippen molar-refractivity contribution in [2.75, 3.05) is 48.8 Å². The monoisotopic (exact) mass is 516 g/mol. The minimum Gasteiger partial charge on any atom is -0.359 e. The van der Waals surface area contributed by atoms with E-state index in [-0.39, 0.29) is 0 Å². The number of hydrogen-bond donors (Lipinski definition) is 3. The number of benzene rings is 2. The number of para-hydroxylation sites is 1. The molecule has 0 bridgehead atoms. The summed E-state index contributed by atoms with van der Waals surface area (Å²) in [6.45, 7) is 9.91. The first-order chi connectivity index (χ1) is 18.0. The highest BCUT2D eigenvalue weighted by Crippen LogP contribution is 2.36. The third-order valence-corrected chi connectivity index (χ3v) is 7.06. The van der Waals surface area contributed by atoms with Crippen LogP contribution in [0.15, 0.2) is 67.1 Å². The van der Waals surface area contributed by atoms with E-state index in [1.165, 1.54) is 30.4 Å². The molecule has 1 aliphatic heterocycles. The minimum absolute atomic E-state index is 0.522. The molecule has 2 aliphatic rings. The maximum absolute atomic E-state index is 6.57. The summed E-state index contributed by atoms with van der Waals surface area (Å²) in [5.74, 6) is 2.76. The van der Waals surface area contributed by atoms with Crippen molar-refractivity contribution < 1.29 is 0 Å². The van der Waals surface area contributed by atoms with Crippen molar-refractivity contribution in [3.8, 4) is 0 Å². The second-order valence-electron chi connectivity index (χ2n) is 9.68. The number of fused-ring (bicyclic) bond motifs is 1. The molecule has 2 aromatic heterocycles. The number of piperazine rings is 1. The largest absolute Gasteiger partial charge is 0.359 e. The maximum atomic E-state index is 6.57. The lowest BCUT2D eigenvalue weighted by atomic mass is 10.2. The minimum atomic E-state index is 0.522. The number of halogens is 1. The molecule has 6 rings (SSSR count). The van der Waals surface area contributed by atoms with Crippen molar-refractivity contribution in [2.24, 2.45) is 5.92 Å². The van der Waals surface area contributed by atoms with Gasteiger partial charge in [0.15, 0.2) is 17.5 Å². The topological polar surface area (TPSA) is 85.0 Å². The number of aromatic amines is 1. The summed E-state index contributed by atoms with van der Waals surface area (Å²) in [5, 5.41) is 15.4. The average molecular weight is 517 g/mol. The van der Waals surface area contributed by atoms with Crippen molar-refractivity contribution in [3.05, 3.63) is 77.7 Å². The van der Waals surface area contributed by atoms with Crippen LogP contribution >= 0.6 is 11.6 Å². The van der Waals surface area contributed by atoms with Crippen LogP contribution in [0.2, 0.25) is 5.02 Å². The van der Waals surface area contributed by atoms with E-state index in [0.717, 1.165) is 54.5 Å². The third kappa shape index (κ3) is 6.21. The van der Waals surface area contributed by atoms with Crippen molar-refractivity contribution in [3.63, 3.8) is 0 Å². The van der Waals surface area contributed by atoms with E-state index in [2.05, 4.69) is 85.4 Å². The van der Waals surface area contributed by atoms with Gasteiger partial charge in [-0.2, -0.15) is 5.10 Å². The van der Waals surface area contributed by atoms with Crippen LogP contribution in [0.3, 0.4) is 0 Å². The number of H-pyrrole nitrogens is 1. The average Bonchev–Trinajstić information content (AvgIpc) is 3.69. The van der Waals surface area contributed by atoms with E-state index in [1.54, 1.807) is 0 Å². The fourth-order valence-corrected chi connectivity index (χ4v) is 4.48. The van der Waals surface area contributed by atoms with Gasteiger partial charge in [-0.1, -0.05) is 48.0 Å². The first-order valence-corrected chi connectivity index (χ1v) is 13.0. The van der Waals surface area contributed by atoms with Crippen LogP contribution in [0.1, 0.15) is 18.4 Å². The third-order valence-electron chi connectivity index (χ3n) is 6.71. The van der Waals surface area contributed by atoms with Gasteiger partial charge in [0.25, 0.3) is 0 Å². The summed E-state index contributed by atoms with van der Waals surface area (Å²) in [7, 11) is 2.12. The molecular weight excluding hydrogens is 484 g/mol. The predicted octanol–water partition coefficient (Wildman–Crippen LogP) is 5.83. The second kappa shape index (κ2) is 11.2. The van der Waals surface area contributed by atoms with Crippen molar-refractivity contribution in [2.45, 2.75) is 19.8 Å². The van der Waals surface area contributed by atoms with E-state index < -0.39 is 0 Å². The Balaban J connectivity index is 0.000000182. The molecule has 1 aliphatic carbocycles. The number of nitrogens with zero attached hydrogens (tertiary/aromatic N) is 5. The van der Waals surface area contributed by atoms with E-state index in [4.69, 9.17) is 11.6 Å². The molecule has 0 radical (unpaired) electrons. The number of aryl methyl sites for hydroxylation is 1. The Morgan fingerprint density at radius 2 is 1.73 bits per heavy atom. The Morgan fingerprint density at radius 1 is 1.00 bits per heavy atom. The van der Waals surface area contributed by atoms with Gasteiger partial charge < -0.3 is 20.4 Å². The molecule has 9 heteroatoms. The van der Waals surface area contributed by atoms with E-state index >= 15 is 0 Å². The van der Waals surface area contributed by atoms with E-state index in [9.17, 15) is 0 Å². The molecule has 3 heterocycles. The highest BCUT2D eigenvalue weighted by Gasteiger charge is 2.24. The van der Waals surface area contributed by atoms with Crippen LogP contribution < -0.4 is 15.5 Å². The Kier molecular flexibility index (Phi) is 7.58. The molecule has 2 aromatic carbocycles. The lowest BCUT2D eigenvalue weighted by molar-refractivity contribution is 0.312. The molecule has 0 spiro atoms. The van der Waals surface area contributed by atoms with Gasteiger partial charge in [-0.05, 0) is 57.0 Å². The summed E-state index contributed by atoms with van der Waals surface area (Å²) in [6, 6.07) is 16.3. The summed E-state index contributed by atoms with van der Waals surface area (Å²) in [6.07, 6.45) is 4.14. The normalized spacial score (nSPS) is 15.7. The molecular formula is C28H33ClN8. The Bertz CT molecular complexity index is 1350. The van der Waals surface area contributed by atoms with Gasteiger partial charge in [0.1, 0.15) is 11.3 Å². The zero-order valence-corrected chi connectivity index (χ0v) is 22.1. The molecule has 1 saturated heterocycles. The molecule has 192 valence electrons. The number of allylic oxidation sites excluding steroid dienone is 1. The summed E-state index contributed by atoms with van der Waals surface area (Å²) in [4.78, 5) is 13.1. The number of aromatic nitrogens is 4. The Hall–Kier alpha value is -3.62. The smallest absolute Gasteiger partial charge is 0.161 e. The molecule has 2 fully saturated rings. The molecule has 0 unspecified atom stereocenters. The summed E-state index contributed by atoms with van der Waals surface area (Å²) in [5.41, 5.74) is 4.58. The highest BCUT2D eigenvalue weighted by molar-refractivity contribution is 6.35. The van der Waals surface area contributed by atoms with Crippen molar-refractivity contribution >= 4 is 45.6 Å². The lowest BCUT2D eigenvalue weighted by Crippen LogP contribution is -2.45. The summed E-state index contributed by atoms with van der Waals surface area (Å²) < 4.78 is 0. The highest BCUT2D eigenvalue weighted by atomic mass is 35.5. The first kappa shape index (κ1) is 25.0. The molecule has 37 heavy (non-hydrogen) atoms. The van der Waals surface area contributed by atoms with Gasteiger partial charge in [-0.15, -0.1) is 0 Å². The fraction of sp³-hybridized carbons (Fsp3) is 0.321. The van der Waals surface area contributed by atoms with Gasteiger partial charge in [-0.3, -0.25) is 5.10 Å².